The van der Waals surface area contributed by atoms with Gasteiger partial charge in [-0.2, -0.15) is 4.90 Å². The molecule has 3 aromatic rings. The number of hydrogen-bond acceptors (Lipinski definition) is 8. The number of benzene rings is 2. The summed E-state index contributed by atoms with van der Waals surface area (Å²) >= 11 is 2.62. The number of carbonyl (C=O) groups is 2. The van der Waals surface area contributed by atoms with E-state index in [1.165, 1.54) is 11.8 Å². The van der Waals surface area contributed by atoms with Gasteiger partial charge in [0.05, 0.1) is 6.54 Å². The third kappa shape index (κ3) is 5.38. The Labute approximate surface area is 170 Å². The van der Waals surface area contributed by atoms with Crippen LogP contribution in [0.1, 0.15) is 11.1 Å². The first-order valence-electron chi connectivity index (χ1n) is 8.41. The summed E-state index contributed by atoms with van der Waals surface area (Å²) in [4.78, 5) is 25.5. The molecule has 3 rings (SSSR count). The molecule has 0 aliphatic heterocycles. The Morgan fingerprint density at radius 1 is 1.00 bits per heavy atom. The van der Waals surface area contributed by atoms with E-state index in [-0.39, 0.29) is 18.3 Å². The summed E-state index contributed by atoms with van der Waals surface area (Å²) in [5.74, 6) is 0.104. The number of amides is 2. The predicted molar refractivity (Wildman–Crippen MR) is 109 cm³/mol. The Morgan fingerprint density at radius 3 is 2.29 bits per heavy atom. The quantitative estimate of drug-likeness (QED) is 0.467. The Bertz CT molecular complexity index is 919. The van der Waals surface area contributed by atoms with E-state index in [4.69, 9.17) is 10.5 Å². The van der Waals surface area contributed by atoms with Crippen LogP contribution in [0, 0.1) is 0 Å². The zero-order valence-corrected chi connectivity index (χ0v) is 16.5. The molecule has 0 bridgehead atoms. The standard InChI is InChI=1S/C19H18N4O3S2/c20-11-16(24)23(19(25)26-12-14-7-3-1-4-8-14)17-21-22-18(28-17)27-13-15-9-5-2-6-10-15/h1-10H,11-13,20H2. The molecule has 0 unspecified atom stereocenters. The first kappa shape index (κ1) is 20.0. The summed E-state index contributed by atoms with van der Waals surface area (Å²) < 4.78 is 5.89. The van der Waals surface area contributed by atoms with Crippen molar-refractivity contribution >= 4 is 40.2 Å². The van der Waals surface area contributed by atoms with Gasteiger partial charge in [-0.25, -0.2) is 4.79 Å². The van der Waals surface area contributed by atoms with Gasteiger partial charge < -0.3 is 10.5 Å². The Morgan fingerprint density at radius 2 is 1.64 bits per heavy atom. The Balaban J connectivity index is 1.66. The van der Waals surface area contributed by atoms with Crippen LogP contribution in [-0.4, -0.2) is 28.7 Å². The van der Waals surface area contributed by atoms with E-state index >= 15 is 0 Å². The summed E-state index contributed by atoms with van der Waals surface area (Å²) in [6.07, 6.45) is -0.824. The largest absolute Gasteiger partial charge is 0.444 e. The number of nitrogens with two attached hydrogens (primary N) is 1. The summed E-state index contributed by atoms with van der Waals surface area (Å²) in [5, 5.41) is 8.17. The fourth-order valence-corrected chi connectivity index (χ4v) is 4.04. The van der Waals surface area contributed by atoms with Crippen molar-refractivity contribution < 1.29 is 14.3 Å². The van der Waals surface area contributed by atoms with Gasteiger partial charge in [-0.05, 0) is 11.1 Å². The number of rotatable bonds is 7. The molecule has 0 saturated heterocycles. The van der Waals surface area contributed by atoms with E-state index in [1.807, 2.05) is 60.7 Å². The fourth-order valence-electron chi connectivity index (χ4n) is 2.23. The zero-order chi connectivity index (χ0) is 19.8. The molecule has 2 N–H and O–H groups in total. The molecule has 0 atom stereocenters. The van der Waals surface area contributed by atoms with Crippen molar-refractivity contribution in [3.05, 3.63) is 71.8 Å². The lowest BCUT2D eigenvalue weighted by atomic mass is 10.2. The summed E-state index contributed by atoms with van der Waals surface area (Å²) in [7, 11) is 0. The van der Waals surface area contributed by atoms with Gasteiger partial charge in [0.25, 0.3) is 5.91 Å². The van der Waals surface area contributed by atoms with Crippen LogP contribution in [0.4, 0.5) is 9.93 Å². The van der Waals surface area contributed by atoms with Gasteiger partial charge in [-0.15, -0.1) is 10.2 Å². The van der Waals surface area contributed by atoms with Crippen molar-refractivity contribution in [2.75, 3.05) is 11.4 Å². The van der Waals surface area contributed by atoms with Crippen LogP contribution >= 0.6 is 23.1 Å². The van der Waals surface area contributed by atoms with Gasteiger partial charge in [-0.3, -0.25) is 4.79 Å². The highest BCUT2D eigenvalue weighted by atomic mass is 32.2. The van der Waals surface area contributed by atoms with Crippen molar-refractivity contribution in [3.8, 4) is 0 Å². The van der Waals surface area contributed by atoms with Crippen LogP contribution in [0.5, 0.6) is 0 Å². The van der Waals surface area contributed by atoms with E-state index in [0.29, 0.717) is 10.1 Å². The first-order valence-corrected chi connectivity index (χ1v) is 10.2. The highest BCUT2D eigenvalue weighted by Gasteiger charge is 2.27. The van der Waals surface area contributed by atoms with Crippen LogP contribution in [0.25, 0.3) is 0 Å². The number of hydrogen-bond donors (Lipinski definition) is 1. The Kier molecular flexibility index (Phi) is 7.12. The highest BCUT2D eigenvalue weighted by molar-refractivity contribution is 8.00. The smallest absolute Gasteiger partial charge is 0.423 e. The number of carbonyl (C=O) groups excluding carboxylic acids is 2. The minimum Gasteiger partial charge on any atom is -0.444 e. The fraction of sp³-hybridized carbons (Fsp3) is 0.158. The highest BCUT2D eigenvalue weighted by Crippen LogP contribution is 2.30. The number of imide groups is 1. The van der Waals surface area contributed by atoms with E-state index in [1.54, 1.807) is 0 Å². The number of anilines is 1. The molecule has 2 aromatic carbocycles. The maximum atomic E-state index is 12.5. The van der Waals surface area contributed by atoms with Gasteiger partial charge in [0.2, 0.25) is 5.13 Å². The van der Waals surface area contributed by atoms with Crippen LogP contribution in [0.2, 0.25) is 0 Å². The van der Waals surface area contributed by atoms with Gasteiger partial charge >= 0.3 is 6.09 Å². The van der Waals surface area contributed by atoms with Gasteiger partial charge in [0.1, 0.15) is 6.61 Å². The average Bonchev–Trinajstić information content (AvgIpc) is 3.20. The van der Waals surface area contributed by atoms with Crippen molar-refractivity contribution in [3.63, 3.8) is 0 Å². The lowest BCUT2D eigenvalue weighted by Crippen LogP contribution is -2.41. The molecule has 28 heavy (non-hydrogen) atoms. The van der Waals surface area contributed by atoms with Crippen molar-refractivity contribution in [1.29, 1.82) is 0 Å². The van der Waals surface area contributed by atoms with Crippen LogP contribution in [0.15, 0.2) is 65.0 Å². The predicted octanol–water partition coefficient (Wildman–Crippen LogP) is 3.46. The molecular formula is C19H18N4O3S2. The van der Waals surface area contributed by atoms with Crippen LogP contribution < -0.4 is 10.6 Å². The second-order valence-corrected chi connectivity index (χ2v) is 7.78. The lowest BCUT2D eigenvalue weighted by molar-refractivity contribution is -0.116. The molecule has 0 aliphatic carbocycles. The maximum Gasteiger partial charge on any atom is 0.423 e. The molecule has 0 saturated carbocycles. The molecule has 2 amide bonds. The molecule has 1 aromatic heterocycles. The molecule has 0 spiro atoms. The normalized spacial score (nSPS) is 10.5. The number of nitrogens with zero attached hydrogens (tertiary/aromatic N) is 3. The monoisotopic (exact) mass is 414 g/mol. The molecule has 1 heterocycles. The maximum absolute atomic E-state index is 12.5. The molecule has 0 radical (unpaired) electrons. The number of aromatic nitrogens is 2. The molecule has 9 heteroatoms. The van der Waals surface area contributed by atoms with E-state index in [9.17, 15) is 9.59 Å². The van der Waals surface area contributed by atoms with E-state index in [2.05, 4.69) is 10.2 Å². The van der Waals surface area contributed by atoms with E-state index in [0.717, 1.165) is 27.4 Å². The third-order valence-electron chi connectivity index (χ3n) is 3.60. The molecule has 144 valence electrons. The second kappa shape index (κ2) is 9.98. The van der Waals surface area contributed by atoms with Crippen molar-refractivity contribution in [1.82, 2.24) is 10.2 Å². The molecule has 0 fully saturated rings. The van der Waals surface area contributed by atoms with Crippen molar-refractivity contribution in [2.45, 2.75) is 16.7 Å². The van der Waals surface area contributed by atoms with E-state index < -0.39 is 12.0 Å². The Hall–Kier alpha value is -2.75. The number of thioether (sulfide) groups is 1. The van der Waals surface area contributed by atoms with Crippen LogP contribution in [0.3, 0.4) is 0 Å². The SMILES string of the molecule is NCC(=O)N(C(=O)OCc1ccccc1)c1nnc(SCc2ccccc2)s1. The molecular weight excluding hydrogens is 396 g/mol. The first-order chi connectivity index (χ1) is 13.7. The third-order valence-corrected chi connectivity index (χ3v) is 5.72. The van der Waals surface area contributed by atoms with Gasteiger partial charge in [-0.1, -0.05) is 83.8 Å². The van der Waals surface area contributed by atoms with Crippen LogP contribution in [-0.2, 0) is 21.9 Å². The zero-order valence-electron chi connectivity index (χ0n) is 14.9. The molecule has 0 aliphatic rings. The summed E-state index contributed by atoms with van der Waals surface area (Å²) in [5.41, 5.74) is 7.40. The second-order valence-electron chi connectivity index (χ2n) is 5.60. The van der Waals surface area contributed by atoms with Gasteiger partial charge in [0, 0.05) is 5.75 Å². The van der Waals surface area contributed by atoms with Gasteiger partial charge in [0.15, 0.2) is 4.34 Å². The lowest BCUT2D eigenvalue weighted by Gasteiger charge is -2.16. The number of ether oxygens (including phenoxy) is 1. The minimum absolute atomic E-state index is 0.0441. The van der Waals surface area contributed by atoms with Crippen molar-refractivity contribution in [2.24, 2.45) is 5.73 Å². The summed E-state index contributed by atoms with van der Waals surface area (Å²) in [6.45, 7) is -0.297. The molecule has 7 nitrogen and oxygen atoms in total. The topological polar surface area (TPSA) is 98.4 Å². The summed E-state index contributed by atoms with van der Waals surface area (Å²) in [6, 6.07) is 19.1. The average molecular weight is 415 g/mol. The minimum atomic E-state index is -0.824.